The molecule has 0 saturated carbocycles. The second kappa shape index (κ2) is 7.82. The van der Waals surface area contributed by atoms with Gasteiger partial charge in [0.2, 0.25) is 0 Å². The highest BCUT2D eigenvalue weighted by Crippen LogP contribution is 2.20. The van der Waals surface area contributed by atoms with Gasteiger partial charge >= 0.3 is 0 Å². The summed E-state index contributed by atoms with van der Waals surface area (Å²) in [5.74, 6) is 0.532. The van der Waals surface area contributed by atoms with E-state index >= 15 is 0 Å². The second-order valence-corrected chi connectivity index (χ2v) is 5.55. The molecule has 2 aromatic rings. The highest BCUT2D eigenvalue weighted by molar-refractivity contribution is 5.36. The van der Waals surface area contributed by atoms with Crippen LogP contribution in [0.4, 0.5) is 0 Å². The topological polar surface area (TPSA) is 72.7 Å². The fourth-order valence-electron chi connectivity index (χ4n) is 2.46. The van der Waals surface area contributed by atoms with Gasteiger partial charge in [0.1, 0.15) is 11.5 Å². The van der Waals surface area contributed by atoms with E-state index in [1.54, 1.807) is 18.2 Å². The Labute approximate surface area is 131 Å². The standard InChI is InChI=1S/C18H23NO3/c1-13(19-12-16-4-2-3-5-17(16)21)10-14-6-7-18(22)15(11-14)8-9-20/h2-7,11,13,19-22H,8-10,12H2,1H3. The molecule has 0 radical (unpaired) electrons. The summed E-state index contributed by atoms with van der Waals surface area (Å²) in [6.07, 6.45) is 1.27. The summed E-state index contributed by atoms with van der Waals surface area (Å²) in [7, 11) is 0. The number of rotatable bonds is 7. The number of aromatic hydroxyl groups is 2. The molecule has 0 heterocycles. The first-order valence-electron chi connectivity index (χ1n) is 7.52. The lowest BCUT2D eigenvalue weighted by molar-refractivity contribution is 0.297. The average Bonchev–Trinajstić information content (AvgIpc) is 2.50. The molecule has 0 aromatic heterocycles. The van der Waals surface area contributed by atoms with Crippen molar-refractivity contribution < 1.29 is 15.3 Å². The summed E-state index contributed by atoms with van der Waals surface area (Å²) in [5, 5.41) is 31.9. The maximum Gasteiger partial charge on any atom is 0.120 e. The fourth-order valence-corrected chi connectivity index (χ4v) is 2.46. The van der Waals surface area contributed by atoms with E-state index < -0.39 is 0 Å². The molecule has 118 valence electrons. The van der Waals surface area contributed by atoms with E-state index in [9.17, 15) is 10.2 Å². The van der Waals surface area contributed by atoms with Crippen molar-refractivity contribution in [1.82, 2.24) is 5.32 Å². The van der Waals surface area contributed by atoms with Gasteiger partial charge in [0, 0.05) is 24.8 Å². The predicted octanol–water partition coefficient (Wildman–Crippen LogP) is 2.35. The van der Waals surface area contributed by atoms with Crippen LogP contribution in [0.25, 0.3) is 0 Å². The van der Waals surface area contributed by atoms with E-state index in [0.29, 0.717) is 18.7 Å². The molecule has 1 unspecified atom stereocenters. The molecule has 2 rings (SSSR count). The number of aliphatic hydroxyl groups is 1. The van der Waals surface area contributed by atoms with Crippen LogP contribution in [0.3, 0.4) is 0 Å². The molecule has 0 fully saturated rings. The van der Waals surface area contributed by atoms with Crippen LogP contribution in [0, 0.1) is 0 Å². The van der Waals surface area contributed by atoms with Gasteiger partial charge in [0.15, 0.2) is 0 Å². The maximum absolute atomic E-state index is 9.75. The summed E-state index contributed by atoms with van der Waals surface area (Å²) in [6, 6.07) is 13.0. The minimum atomic E-state index is 0.0259. The van der Waals surface area contributed by atoms with Crippen LogP contribution in [-0.2, 0) is 19.4 Å². The minimum Gasteiger partial charge on any atom is -0.508 e. The fraction of sp³-hybridized carbons (Fsp3) is 0.333. The number of hydrogen-bond acceptors (Lipinski definition) is 4. The number of aliphatic hydroxyl groups excluding tert-OH is 1. The molecule has 4 nitrogen and oxygen atoms in total. The number of phenolic OH excluding ortho intramolecular Hbond substituents is 2. The van der Waals surface area contributed by atoms with Crippen molar-refractivity contribution in [2.24, 2.45) is 0 Å². The quantitative estimate of drug-likeness (QED) is 0.633. The molecule has 2 aromatic carbocycles. The zero-order valence-electron chi connectivity index (χ0n) is 12.8. The highest BCUT2D eigenvalue weighted by Gasteiger charge is 2.08. The summed E-state index contributed by atoms with van der Waals surface area (Å²) in [5.41, 5.74) is 2.76. The molecule has 0 spiro atoms. The van der Waals surface area contributed by atoms with Crippen LogP contribution in [0.15, 0.2) is 42.5 Å². The van der Waals surface area contributed by atoms with Gasteiger partial charge in [-0.15, -0.1) is 0 Å². The van der Waals surface area contributed by atoms with Crippen molar-refractivity contribution >= 4 is 0 Å². The Morgan fingerprint density at radius 2 is 1.73 bits per heavy atom. The largest absolute Gasteiger partial charge is 0.508 e. The minimum absolute atomic E-state index is 0.0259. The Morgan fingerprint density at radius 1 is 1.00 bits per heavy atom. The van der Waals surface area contributed by atoms with Crippen LogP contribution in [0.5, 0.6) is 11.5 Å². The molecule has 4 heteroatoms. The Balaban J connectivity index is 1.93. The summed E-state index contributed by atoms with van der Waals surface area (Å²) >= 11 is 0. The molecular formula is C18H23NO3. The van der Waals surface area contributed by atoms with Gasteiger partial charge in [-0.3, -0.25) is 0 Å². The maximum atomic E-state index is 9.75. The van der Waals surface area contributed by atoms with Crippen molar-refractivity contribution in [2.45, 2.75) is 32.4 Å². The molecule has 0 bridgehead atoms. The van der Waals surface area contributed by atoms with Gasteiger partial charge in [-0.05, 0) is 43.0 Å². The van der Waals surface area contributed by atoms with Gasteiger partial charge in [-0.2, -0.15) is 0 Å². The first-order chi connectivity index (χ1) is 10.6. The molecule has 0 aliphatic carbocycles. The Bertz CT molecular complexity index is 613. The average molecular weight is 301 g/mol. The third-order valence-corrected chi connectivity index (χ3v) is 3.70. The SMILES string of the molecule is CC(Cc1ccc(O)c(CCO)c1)NCc1ccccc1O. The van der Waals surface area contributed by atoms with E-state index in [1.807, 2.05) is 24.3 Å². The molecule has 1 atom stereocenters. The van der Waals surface area contributed by atoms with Gasteiger partial charge in [-0.1, -0.05) is 30.3 Å². The first-order valence-corrected chi connectivity index (χ1v) is 7.52. The third-order valence-electron chi connectivity index (χ3n) is 3.70. The van der Waals surface area contributed by atoms with Crippen LogP contribution >= 0.6 is 0 Å². The van der Waals surface area contributed by atoms with Gasteiger partial charge in [-0.25, -0.2) is 0 Å². The lowest BCUT2D eigenvalue weighted by Gasteiger charge is -2.15. The number of phenols is 2. The van der Waals surface area contributed by atoms with Crippen LogP contribution in [0.2, 0.25) is 0 Å². The van der Waals surface area contributed by atoms with E-state index in [0.717, 1.165) is 23.1 Å². The van der Waals surface area contributed by atoms with Crippen LogP contribution in [0.1, 0.15) is 23.6 Å². The van der Waals surface area contributed by atoms with Gasteiger partial charge in [0.05, 0.1) is 0 Å². The molecule has 0 aliphatic heterocycles. The summed E-state index contributed by atoms with van der Waals surface area (Å²) < 4.78 is 0. The van der Waals surface area contributed by atoms with E-state index in [4.69, 9.17) is 5.11 Å². The summed E-state index contributed by atoms with van der Waals surface area (Å²) in [6.45, 7) is 2.71. The highest BCUT2D eigenvalue weighted by atomic mass is 16.3. The number of nitrogens with one attached hydrogen (secondary N) is 1. The Kier molecular flexibility index (Phi) is 5.81. The monoisotopic (exact) mass is 301 g/mol. The third kappa shape index (κ3) is 4.48. The first kappa shape index (κ1) is 16.3. The zero-order valence-corrected chi connectivity index (χ0v) is 12.8. The summed E-state index contributed by atoms with van der Waals surface area (Å²) in [4.78, 5) is 0. The second-order valence-electron chi connectivity index (χ2n) is 5.55. The Morgan fingerprint density at radius 3 is 2.45 bits per heavy atom. The number of benzene rings is 2. The molecule has 0 saturated heterocycles. The van der Waals surface area contributed by atoms with E-state index in [-0.39, 0.29) is 18.4 Å². The van der Waals surface area contributed by atoms with Crippen molar-refractivity contribution in [1.29, 1.82) is 0 Å². The van der Waals surface area contributed by atoms with E-state index in [2.05, 4.69) is 12.2 Å². The van der Waals surface area contributed by atoms with Crippen molar-refractivity contribution in [2.75, 3.05) is 6.61 Å². The van der Waals surface area contributed by atoms with Crippen LogP contribution < -0.4 is 5.32 Å². The molecule has 22 heavy (non-hydrogen) atoms. The molecule has 4 N–H and O–H groups in total. The van der Waals surface area contributed by atoms with Crippen molar-refractivity contribution in [3.8, 4) is 11.5 Å². The number of hydrogen-bond donors (Lipinski definition) is 4. The van der Waals surface area contributed by atoms with E-state index in [1.165, 1.54) is 0 Å². The Hall–Kier alpha value is -2.04. The smallest absolute Gasteiger partial charge is 0.120 e. The van der Waals surface area contributed by atoms with Crippen LogP contribution in [-0.4, -0.2) is 28.0 Å². The van der Waals surface area contributed by atoms with Gasteiger partial charge < -0.3 is 20.6 Å². The molecule has 0 amide bonds. The van der Waals surface area contributed by atoms with Crippen molar-refractivity contribution in [3.63, 3.8) is 0 Å². The predicted molar refractivity (Wildman–Crippen MR) is 87.0 cm³/mol. The lowest BCUT2D eigenvalue weighted by atomic mass is 10.0. The molecular weight excluding hydrogens is 278 g/mol. The number of para-hydroxylation sites is 1. The zero-order chi connectivity index (χ0) is 15.9. The lowest BCUT2D eigenvalue weighted by Crippen LogP contribution is -2.27. The normalized spacial score (nSPS) is 12.3. The van der Waals surface area contributed by atoms with Crippen molar-refractivity contribution in [3.05, 3.63) is 59.2 Å². The van der Waals surface area contributed by atoms with Gasteiger partial charge in [0.25, 0.3) is 0 Å². The molecule has 0 aliphatic rings.